The molecule has 0 unspecified atom stereocenters. The van der Waals surface area contributed by atoms with Gasteiger partial charge in [-0.05, 0) is 49.8 Å². The lowest BCUT2D eigenvalue weighted by atomic mass is 9.84. The van der Waals surface area contributed by atoms with E-state index in [-0.39, 0.29) is 30.3 Å². The van der Waals surface area contributed by atoms with Gasteiger partial charge in [-0.2, -0.15) is 0 Å². The van der Waals surface area contributed by atoms with Gasteiger partial charge in [0, 0.05) is 39.4 Å². The Kier molecular flexibility index (Phi) is 7.63. The summed E-state index contributed by atoms with van der Waals surface area (Å²) in [5.41, 5.74) is 0.833. The normalized spacial score (nSPS) is 19.3. The molecule has 2 aromatic rings. The maximum absolute atomic E-state index is 14.1. The summed E-state index contributed by atoms with van der Waals surface area (Å²) in [4.78, 5) is 32.6. The Bertz CT molecular complexity index is 992. The van der Waals surface area contributed by atoms with Crippen LogP contribution in [0.4, 0.5) is 9.18 Å². The van der Waals surface area contributed by atoms with E-state index >= 15 is 0 Å². The highest BCUT2D eigenvalue weighted by atomic mass is 19.1. The third-order valence-corrected chi connectivity index (χ3v) is 7.26. The topological polar surface area (TPSA) is 53.1 Å². The van der Waals surface area contributed by atoms with Crippen molar-refractivity contribution >= 4 is 11.9 Å². The maximum atomic E-state index is 14.1. The molecule has 182 valence electrons. The predicted octanol–water partition coefficient (Wildman–Crippen LogP) is 4.09. The van der Waals surface area contributed by atoms with Crippen LogP contribution >= 0.6 is 0 Å². The highest BCUT2D eigenvalue weighted by Crippen LogP contribution is 2.38. The van der Waals surface area contributed by atoms with Crippen LogP contribution in [0, 0.1) is 5.82 Å². The van der Waals surface area contributed by atoms with Crippen LogP contribution in [-0.4, -0.2) is 71.6 Å². The summed E-state index contributed by atoms with van der Waals surface area (Å²) in [6.07, 6.45) is 2.46. The average molecular weight is 468 g/mol. The standard InChI is InChI=1S/C27H34FN3O3/c1-21(19-23-11-6-7-12-24(23)28)29-16-13-27(14-17-29)25(32)30(20-22-9-4-3-5-10-22)26(33)31(27)15-8-18-34-2/h3-7,9-12,21H,8,13-20H2,1-2H3/t21-/m1/s1. The summed E-state index contributed by atoms with van der Waals surface area (Å²) < 4.78 is 19.4. The number of ether oxygens (including phenoxy) is 1. The minimum Gasteiger partial charge on any atom is -0.385 e. The highest BCUT2D eigenvalue weighted by Gasteiger charge is 2.57. The first-order valence-corrected chi connectivity index (χ1v) is 12.1. The molecular weight excluding hydrogens is 433 g/mol. The van der Waals surface area contributed by atoms with Gasteiger partial charge in [0.2, 0.25) is 0 Å². The van der Waals surface area contributed by atoms with Gasteiger partial charge in [0.25, 0.3) is 5.91 Å². The number of carbonyl (C=O) groups excluding carboxylic acids is 2. The zero-order chi connectivity index (χ0) is 24.1. The van der Waals surface area contributed by atoms with E-state index in [4.69, 9.17) is 4.74 Å². The molecular formula is C27H34FN3O3. The summed E-state index contributed by atoms with van der Waals surface area (Å²) in [5, 5.41) is 0. The van der Waals surface area contributed by atoms with Gasteiger partial charge in [-0.25, -0.2) is 9.18 Å². The van der Waals surface area contributed by atoms with Crippen molar-refractivity contribution < 1.29 is 18.7 Å². The lowest BCUT2D eigenvalue weighted by molar-refractivity contribution is -0.136. The number of benzene rings is 2. The minimum absolute atomic E-state index is 0.0971. The molecule has 0 aromatic heterocycles. The second kappa shape index (κ2) is 10.7. The van der Waals surface area contributed by atoms with Gasteiger partial charge in [-0.3, -0.25) is 9.69 Å². The van der Waals surface area contributed by atoms with Gasteiger partial charge in [0.1, 0.15) is 11.4 Å². The second-order valence-electron chi connectivity index (χ2n) is 9.37. The summed E-state index contributed by atoms with van der Waals surface area (Å²) in [5.74, 6) is -0.277. The zero-order valence-electron chi connectivity index (χ0n) is 20.1. The molecule has 2 aliphatic heterocycles. The monoisotopic (exact) mass is 467 g/mol. The summed E-state index contributed by atoms with van der Waals surface area (Å²) in [7, 11) is 1.64. The zero-order valence-corrected chi connectivity index (χ0v) is 20.1. The fraction of sp³-hybridized carbons (Fsp3) is 0.481. The van der Waals surface area contributed by atoms with Crippen molar-refractivity contribution in [3.8, 4) is 0 Å². The molecule has 7 heteroatoms. The third kappa shape index (κ3) is 4.86. The average Bonchev–Trinajstić information content (AvgIpc) is 3.03. The van der Waals surface area contributed by atoms with E-state index in [9.17, 15) is 14.0 Å². The van der Waals surface area contributed by atoms with E-state index in [2.05, 4.69) is 11.8 Å². The Morgan fingerprint density at radius 1 is 1.03 bits per heavy atom. The van der Waals surface area contributed by atoms with E-state index in [0.717, 1.165) is 5.56 Å². The first-order valence-electron chi connectivity index (χ1n) is 12.1. The molecule has 0 aliphatic carbocycles. The van der Waals surface area contributed by atoms with E-state index in [1.54, 1.807) is 18.1 Å². The molecule has 1 spiro atoms. The van der Waals surface area contributed by atoms with Crippen LogP contribution in [0.15, 0.2) is 54.6 Å². The molecule has 2 aliphatic rings. The molecule has 0 bridgehead atoms. The van der Waals surface area contributed by atoms with Crippen molar-refractivity contribution in [3.63, 3.8) is 0 Å². The first-order chi connectivity index (χ1) is 16.5. The van der Waals surface area contributed by atoms with Crippen LogP contribution in [0.25, 0.3) is 0 Å². The molecule has 0 N–H and O–H groups in total. The van der Waals surface area contributed by atoms with Crippen molar-refractivity contribution in [1.82, 2.24) is 14.7 Å². The maximum Gasteiger partial charge on any atom is 0.327 e. The molecule has 0 saturated carbocycles. The first kappa shape index (κ1) is 24.4. The minimum atomic E-state index is -0.812. The van der Waals surface area contributed by atoms with Gasteiger partial charge >= 0.3 is 6.03 Å². The smallest absolute Gasteiger partial charge is 0.327 e. The molecule has 6 nitrogen and oxygen atoms in total. The predicted molar refractivity (Wildman–Crippen MR) is 129 cm³/mol. The number of amides is 3. The number of hydrogen-bond acceptors (Lipinski definition) is 4. The largest absolute Gasteiger partial charge is 0.385 e. The summed E-state index contributed by atoms with van der Waals surface area (Å²) in [6.45, 7) is 4.80. The quantitative estimate of drug-likeness (QED) is 0.412. The Morgan fingerprint density at radius 3 is 2.38 bits per heavy atom. The Hall–Kier alpha value is -2.77. The number of imide groups is 1. The molecule has 34 heavy (non-hydrogen) atoms. The Labute approximate surface area is 201 Å². The number of piperidine rings is 1. The molecule has 0 radical (unpaired) electrons. The van der Waals surface area contributed by atoms with Crippen molar-refractivity contribution in [1.29, 1.82) is 0 Å². The Balaban J connectivity index is 1.49. The molecule has 3 amide bonds. The van der Waals surface area contributed by atoms with Crippen LogP contribution in [-0.2, 0) is 22.5 Å². The molecule has 2 heterocycles. The molecule has 4 rings (SSSR count). The number of carbonyl (C=O) groups is 2. The number of hydrogen-bond donors (Lipinski definition) is 0. The van der Waals surface area contributed by atoms with E-state index in [1.807, 2.05) is 42.5 Å². The number of nitrogens with zero attached hydrogens (tertiary/aromatic N) is 3. The number of methoxy groups -OCH3 is 1. The van der Waals surface area contributed by atoms with Gasteiger partial charge in [0.05, 0.1) is 6.54 Å². The van der Waals surface area contributed by atoms with Crippen LogP contribution in [0.1, 0.15) is 37.3 Å². The fourth-order valence-electron chi connectivity index (χ4n) is 5.29. The van der Waals surface area contributed by atoms with Crippen molar-refractivity contribution in [2.24, 2.45) is 0 Å². The van der Waals surface area contributed by atoms with Crippen LogP contribution in [0.3, 0.4) is 0 Å². The number of urea groups is 1. The van der Waals surface area contributed by atoms with Crippen molar-refractivity contribution in [2.75, 3.05) is 33.4 Å². The van der Waals surface area contributed by atoms with Crippen LogP contribution < -0.4 is 0 Å². The van der Waals surface area contributed by atoms with E-state index in [1.165, 1.54) is 11.0 Å². The SMILES string of the molecule is COCCCN1C(=O)N(Cc2ccccc2)C(=O)C12CCN([C@H](C)Cc1ccccc1F)CC2. The number of halogens is 1. The van der Waals surface area contributed by atoms with Crippen LogP contribution in [0.5, 0.6) is 0 Å². The van der Waals surface area contributed by atoms with Crippen molar-refractivity contribution in [2.45, 2.75) is 50.7 Å². The van der Waals surface area contributed by atoms with E-state index < -0.39 is 5.54 Å². The number of rotatable bonds is 9. The van der Waals surface area contributed by atoms with Crippen molar-refractivity contribution in [3.05, 3.63) is 71.5 Å². The summed E-state index contributed by atoms with van der Waals surface area (Å²) in [6, 6.07) is 16.5. The molecule has 1 atom stereocenters. The fourth-order valence-corrected chi connectivity index (χ4v) is 5.29. The van der Waals surface area contributed by atoms with Gasteiger partial charge < -0.3 is 14.5 Å². The third-order valence-electron chi connectivity index (χ3n) is 7.26. The summed E-state index contributed by atoms with van der Waals surface area (Å²) >= 11 is 0. The second-order valence-corrected chi connectivity index (χ2v) is 9.37. The van der Waals surface area contributed by atoms with Gasteiger partial charge in [-0.1, -0.05) is 48.5 Å². The van der Waals surface area contributed by atoms with Gasteiger partial charge in [0.15, 0.2) is 0 Å². The lowest BCUT2D eigenvalue weighted by Gasteiger charge is -2.44. The molecule has 2 fully saturated rings. The van der Waals surface area contributed by atoms with Gasteiger partial charge in [-0.15, -0.1) is 0 Å². The number of likely N-dealkylation sites (tertiary alicyclic amines) is 1. The van der Waals surface area contributed by atoms with E-state index in [0.29, 0.717) is 57.5 Å². The Morgan fingerprint density at radius 2 is 1.71 bits per heavy atom. The lowest BCUT2D eigenvalue weighted by Crippen LogP contribution is -2.58. The molecule has 2 aromatic carbocycles. The van der Waals surface area contributed by atoms with Crippen LogP contribution in [0.2, 0.25) is 0 Å². The highest BCUT2D eigenvalue weighted by molar-refractivity contribution is 6.07. The molecule has 2 saturated heterocycles.